The molecule has 6 nitrogen and oxygen atoms in total. The normalized spacial score (nSPS) is 17.3. The minimum Gasteiger partial charge on any atom is -0.382 e. The van der Waals surface area contributed by atoms with Crippen LogP contribution in [0.5, 0.6) is 0 Å². The highest BCUT2D eigenvalue weighted by molar-refractivity contribution is 14.0. The zero-order chi connectivity index (χ0) is 18.8. The summed E-state index contributed by atoms with van der Waals surface area (Å²) in [5.74, 6) is 1.54. The lowest BCUT2D eigenvalue weighted by atomic mass is 10.1. The fourth-order valence-electron chi connectivity index (χ4n) is 3.19. The second-order valence-electron chi connectivity index (χ2n) is 7.12. The molecule has 1 saturated heterocycles. The quantitative estimate of drug-likeness (QED) is 0.250. The molecule has 0 amide bonds. The summed E-state index contributed by atoms with van der Waals surface area (Å²) in [5, 5.41) is 3.49. The number of benzene rings is 1. The van der Waals surface area contributed by atoms with Crippen molar-refractivity contribution in [3.63, 3.8) is 0 Å². The zero-order valence-corrected chi connectivity index (χ0v) is 19.4. The lowest BCUT2D eigenvalue weighted by Crippen LogP contribution is -2.39. The van der Waals surface area contributed by atoms with Crippen molar-refractivity contribution < 1.29 is 9.47 Å². The largest absolute Gasteiger partial charge is 0.382 e. The molecule has 1 aliphatic heterocycles. The molecule has 7 heteroatoms. The maximum Gasteiger partial charge on any atom is 0.193 e. The Morgan fingerprint density at radius 2 is 1.93 bits per heavy atom. The van der Waals surface area contributed by atoms with Gasteiger partial charge in [0.05, 0.1) is 19.8 Å². The summed E-state index contributed by atoms with van der Waals surface area (Å²) >= 11 is 0. The van der Waals surface area contributed by atoms with E-state index in [-0.39, 0.29) is 24.0 Å². The van der Waals surface area contributed by atoms with Crippen LogP contribution in [-0.2, 0) is 22.6 Å². The molecule has 1 N–H and O–H groups in total. The van der Waals surface area contributed by atoms with Crippen LogP contribution in [-0.4, -0.2) is 76.9 Å². The van der Waals surface area contributed by atoms with E-state index in [1.165, 1.54) is 11.1 Å². The summed E-state index contributed by atoms with van der Waals surface area (Å²) in [7, 11) is 7.73. The van der Waals surface area contributed by atoms with Gasteiger partial charge in [0.25, 0.3) is 0 Å². The van der Waals surface area contributed by atoms with Gasteiger partial charge in [0.2, 0.25) is 0 Å². The van der Waals surface area contributed by atoms with Crippen molar-refractivity contribution in [1.29, 1.82) is 0 Å². The Morgan fingerprint density at radius 3 is 2.56 bits per heavy atom. The molecular weight excluding hydrogens is 455 g/mol. The first-order valence-electron chi connectivity index (χ1n) is 9.37. The Bertz CT molecular complexity index is 551. The van der Waals surface area contributed by atoms with Gasteiger partial charge in [0.15, 0.2) is 5.96 Å². The third-order valence-electron chi connectivity index (χ3n) is 4.55. The molecule has 1 aliphatic rings. The van der Waals surface area contributed by atoms with Gasteiger partial charge in [-0.25, -0.2) is 0 Å². The molecule has 0 bridgehead atoms. The van der Waals surface area contributed by atoms with E-state index in [9.17, 15) is 0 Å². The first-order valence-corrected chi connectivity index (χ1v) is 9.37. The molecule has 1 atom stereocenters. The standard InChI is InChI=1S/C20H34N4O2.HI/c1-21-20(24-10-9-19(15-24)16-26-12-11-25-4)22-13-17-5-7-18(8-6-17)14-23(2)3;/h5-8,19H,9-16H2,1-4H3,(H,21,22);1H. The molecule has 1 aromatic rings. The van der Waals surface area contributed by atoms with Crippen molar-refractivity contribution in [2.45, 2.75) is 19.5 Å². The van der Waals surface area contributed by atoms with Crippen LogP contribution in [0.25, 0.3) is 0 Å². The fraction of sp³-hybridized carbons (Fsp3) is 0.650. The highest BCUT2D eigenvalue weighted by atomic mass is 127. The number of nitrogens with one attached hydrogen (secondary N) is 1. The van der Waals surface area contributed by atoms with E-state index in [0.29, 0.717) is 19.1 Å². The van der Waals surface area contributed by atoms with Crippen LogP contribution in [0.4, 0.5) is 0 Å². The molecule has 0 saturated carbocycles. The molecule has 0 aromatic heterocycles. The molecule has 1 fully saturated rings. The molecule has 1 aromatic carbocycles. The van der Waals surface area contributed by atoms with Crippen LogP contribution in [0.15, 0.2) is 29.3 Å². The Morgan fingerprint density at radius 1 is 1.22 bits per heavy atom. The highest BCUT2D eigenvalue weighted by Gasteiger charge is 2.24. The average Bonchev–Trinajstić information content (AvgIpc) is 3.09. The fourth-order valence-corrected chi connectivity index (χ4v) is 3.19. The number of guanidine groups is 1. The summed E-state index contributed by atoms with van der Waals surface area (Å²) in [6.07, 6.45) is 1.15. The molecule has 0 radical (unpaired) electrons. The van der Waals surface area contributed by atoms with E-state index < -0.39 is 0 Å². The predicted octanol–water partition coefficient (Wildman–Crippen LogP) is 2.43. The van der Waals surface area contributed by atoms with E-state index in [1.807, 2.05) is 7.05 Å². The van der Waals surface area contributed by atoms with E-state index in [1.54, 1.807) is 7.11 Å². The first kappa shape index (κ1) is 24.1. The Kier molecular flexibility index (Phi) is 11.9. The minimum atomic E-state index is 0. The van der Waals surface area contributed by atoms with Crippen molar-refractivity contribution in [3.05, 3.63) is 35.4 Å². The summed E-state index contributed by atoms with van der Waals surface area (Å²) in [4.78, 5) is 8.95. The molecule has 2 rings (SSSR count). The summed E-state index contributed by atoms with van der Waals surface area (Å²) in [6, 6.07) is 8.77. The lowest BCUT2D eigenvalue weighted by molar-refractivity contribution is 0.0536. The second kappa shape index (κ2) is 13.3. The van der Waals surface area contributed by atoms with E-state index in [2.05, 4.69) is 58.5 Å². The lowest BCUT2D eigenvalue weighted by Gasteiger charge is -2.22. The van der Waals surface area contributed by atoms with Gasteiger partial charge in [0.1, 0.15) is 0 Å². The minimum absolute atomic E-state index is 0. The van der Waals surface area contributed by atoms with Gasteiger partial charge in [-0.05, 0) is 31.6 Å². The van der Waals surface area contributed by atoms with Gasteiger partial charge in [-0.1, -0.05) is 24.3 Å². The number of hydrogen-bond donors (Lipinski definition) is 1. The molecule has 154 valence electrons. The molecular formula is C20H35IN4O2. The van der Waals surface area contributed by atoms with Gasteiger partial charge in [-0.15, -0.1) is 24.0 Å². The predicted molar refractivity (Wildman–Crippen MR) is 122 cm³/mol. The number of nitrogens with zero attached hydrogens (tertiary/aromatic N) is 3. The summed E-state index contributed by atoms with van der Waals surface area (Å²) in [5.41, 5.74) is 2.60. The van der Waals surface area contributed by atoms with Gasteiger partial charge < -0.3 is 24.6 Å². The van der Waals surface area contributed by atoms with Gasteiger partial charge in [-0.3, -0.25) is 4.99 Å². The van der Waals surface area contributed by atoms with Crippen LogP contribution < -0.4 is 5.32 Å². The SMILES string of the molecule is CN=C(NCc1ccc(CN(C)C)cc1)N1CCC(COCCOC)C1.I. The van der Waals surface area contributed by atoms with Gasteiger partial charge >= 0.3 is 0 Å². The Hall–Kier alpha value is -0.900. The molecule has 0 aliphatic carbocycles. The number of ether oxygens (including phenoxy) is 2. The van der Waals surface area contributed by atoms with Crippen LogP contribution in [0, 0.1) is 5.92 Å². The number of rotatable bonds is 9. The Balaban J connectivity index is 0.00000364. The Labute approximate surface area is 181 Å². The van der Waals surface area contributed by atoms with E-state index in [4.69, 9.17) is 9.47 Å². The van der Waals surface area contributed by atoms with Crippen LogP contribution in [0.1, 0.15) is 17.5 Å². The monoisotopic (exact) mass is 490 g/mol. The van der Waals surface area contributed by atoms with Crippen molar-refractivity contribution in [2.24, 2.45) is 10.9 Å². The first-order chi connectivity index (χ1) is 12.6. The van der Waals surface area contributed by atoms with Crippen LogP contribution in [0.3, 0.4) is 0 Å². The third kappa shape index (κ3) is 8.76. The van der Waals surface area contributed by atoms with E-state index in [0.717, 1.165) is 45.2 Å². The molecule has 1 unspecified atom stereocenters. The molecule has 0 spiro atoms. The molecule has 1 heterocycles. The average molecular weight is 490 g/mol. The highest BCUT2D eigenvalue weighted by Crippen LogP contribution is 2.17. The topological polar surface area (TPSA) is 49.3 Å². The van der Waals surface area contributed by atoms with Gasteiger partial charge in [-0.2, -0.15) is 0 Å². The van der Waals surface area contributed by atoms with E-state index >= 15 is 0 Å². The van der Waals surface area contributed by atoms with Crippen molar-refractivity contribution in [3.8, 4) is 0 Å². The van der Waals surface area contributed by atoms with Crippen LogP contribution >= 0.6 is 24.0 Å². The molecule has 27 heavy (non-hydrogen) atoms. The number of methoxy groups -OCH3 is 1. The number of halogens is 1. The van der Waals surface area contributed by atoms with Gasteiger partial charge in [0, 0.05) is 46.3 Å². The summed E-state index contributed by atoms with van der Waals surface area (Å²) in [6.45, 7) is 5.91. The second-order valence-corrected chi connectivity index (χ2v) is 7.12. The maximum atomic E-state index is 5.67. The maximum absolute atomic E-state index is 5.67. The summed E-state index contributed by atoms with van der Waals surface area (Å²) < 4.78 is 10.7. The van der Waals surface area contributed by atoms with Crippen molar-refractivity contribution >= 4 is 29.9 Å². The number of likely N-dealkylation sites (tertiary alicyclic amines) is 1. The third-order valence-corrected chi connectivity index (χ3v) is 4.55. The smallest absolute Gasteiger partial charge is 0.193 e. The van der Waals surface area contributed by atoms with Crippen molar-refractivity contribution in [1.82, 2.24) is 15.1 Å². The zero-order valence-electron chi connectivity index (χ0n) is 17.1. The number of aliphatic imine (C=N–C) groups is 1. The number of hydrogen-bond acceptors (Lipinski definition) is 4. The van der Waals surface area contributed by atoms with Crippen molar-refractivity contribution in [2.75, 3.05) is 61.2 Å². The van der Waals surface area contributed by atoms with Crippen LogP contribution in [0.2, 0.25) is 0 Å².